The standard InChI is InChI=1S/C12H14N4O3/c1-8-11(7-13-2)12(17)15(14-8)9-3-5-10(6-4-9)16(18)19/h3-6,13-14H,7H2,1-2H3. The van der Waals surface area contributed by atoms with Gasteiger partial charge in [0.05, 0.1) is 16.2 Å². The predicted molar refractivity (Wildman–Crippen MR) is 70.5 cm³/mol. The van der Waals surface area contributed by atoms with E-state index < -0.39 is 4.92 Å². The smallest absolute Gasteiger partial charge is 0.275 e. The molecule has 0 aliphatic heterocycles. The molecule has 1 aromatic carbocycles. The Morgan fingerprint density at radius 3 is 2.53 bits per heavy atom. The van der Waals surface area contributed by atoms with E-state index in [0.29, 0.717) is 17.8 Å². The van der Waals surface area contributed by atoms with Crippen LogP contribution in [0.15, 0.2) is 29.1 Å². The monoisotopic (exact) mass is 262 g/mol. The molecule has 7 heteroatoms. The molecule has 0 aliphatic rings. The van der Waals surface area contributed by atoms with Crippen molar-refractivity contribution in [2.24, 2.45) is 0 Å². The second-order valence-electron chi connectivity index (χ2n) is 4.16. The van der Waals surface area contributed by atoms with Crippen LogP contribution < -0.4 is 10.9 Å². The minimum atomic E-state index is -0.473. The lowest BCUT2D eigenvalue weighted by Crippen LogP contribution is -2.20. The minimum Gasteiger partial charge on any atom is -0.315 e. The Balaban J connectivity index is 2.45. The van der Waals surface area contributed by atoms with E-state index in [-0.39, 0.29) is 11.2 Å². The molecule has 1 aromatic heterocycles. The predicted octanol–water partition coefficient (Wildman–Crippen LogP) is 1.10. The first-order valence-corrected chi connectivity index (χ1v) is 5.74. The highest BCUT2D eigenvalue weighted by Crippen LogP contribution is 2.14. The highest BCUT2D eigenvalue weighted by Gasteiger charge is 2.12. The van der Waals surface area contributed by atoms with E-state index in [9.17, 15) is 14.9 Å². The maximum atomic E-state index is 12.2. The highest BCUT2D eigenvalue weighted by atomic mass is 16.6. The Bertz CT molecular complexity index is 655. The summed E-state index contributed by atoms with van der Waals surface area (Å²) in [7, 11) is 1.77. The molecule has 2 N–H and O–H groups in total. The molecule has 100 valence electrons. The molecule has 0 radical (unpaired) electrons. The van der Waals surface area contributed by atoms with Gasteiger partial charge in [-0.1, -0.05) is 0 Å². The molecular formula is C12H14N4O3. The number of hydrogen-bond acceptors (Lipinski definition) is 4. The molecule has 0 saturated heterocycles. The molecule has 0 atom stereocenters. The van der Waals surface area contributed by atoms with Gasteiger partial charge in [-0.05, 0) is 26.1 Å². The number of rotatable bonds is 4. The van der Waals surface area contributed by atoms with Gasteiger partial charge < -0.3 is 5.32 Å². The summed E-state index contributed by atoms with van der Waals surface area (Å²) in [4.78, 5) is 22.3. The first kappa shape index (κ1) is 13.0. The summed E-state index contributed by atoms with van der Waals surface area (Å²) >= 11 is 0. The number of H-pyrrole nitrogens is 1. The highest BCUT2D eigenvalue weighted by molar-refractivity contribution is 5.41. The van der Waals surface area contributed by atoms with Gasteiger partial charge in [0, 0.05) is 24.4 Å². The van der Waals surface area contributed by atoms with Crippen LogP contribution in [-0.4, -0.2) is 21.8 Å². The Labute approximate surface area is 109 Å². The van der Waals surface area contributed by atoms with Crippen molar-refractivity contribution < 1.29 is 4.92 Å². The van der Waals surface area contributed by atoms with E-state index in [1.165, 1.54) is 16.8 Å². The maximum absolute atomic E-state index is 12.2. The number of aromatic amines is 1. The molecule has 0 unspecified atom stereocenters. The lowest BCUT2D eigenvalue weighted by Gasteiger charge is -2.00. The van der Waals surface area contributed by atoms with Crippen LogP contribution in [0, 0.1) is 17.0 Å². The molecule has 0 aliphatic carbocycles. The van der Waals surface area contributed by atoms with Gasteiger partial charge in [0.2, 0.25) is 0 Å². The zero-order valence-corrected chi connectivity index (χ0v) is 10.6. The van der Waals surface area contributed by atoms with E-state index in [1.807, 2.05) is 6.92 Å². The molecule has 0 spiro atoms. The molecule has 2 rings (SSSR count). The van der Waals surface area contributed by atoms with Gasteiger partial charge in [-0.3, -0.25) is 20.0 Å². The van der Waals surface area contributed by atoms with E-state index in [1.54, 1.807) is 19.2 Å². The Hall–Kier alpha value is -2.41. The summed E-state index contributed by atoms with van der Waals surface area (Å²) in [5, 5.41) is 16.5. The topological polar surface area (TPSA) is 93.0 Å². The molecule has 7 nitrogen and oxygen atoms in total. The van der Waals surface area contributed by atoms with Crippen molar-refractivity contribution in [1.29, 1.82) is 0 Å². The maximum Gasteiger partial charge on any atom is 0.275 e. The van der Waals surface area contributed by atoms with Crippen LogP contribution in [0.1, 0.15) is 11.3 Å². The van der Waals surface area contributed by atoms with Crippen molar-refractivity contribution in [3.05, 3.63) is 56.0 Å². The normalized spacial score (nSPS) is 10.6. The van der Waals surface area contributed by atoms with Crippen molar-refractivity contribution in [1.82, 2.24) is 15.1 Å². The van der Waals surface area contributed by atoms with Gasteiger partial charge in [-0.15, -0.1) is 0 Å². The molecule has 0 bridgehead atoms. The number of nitrogens with one attached hydrogen (secondary N) is 2. The summed E-state index contributed by atoms with van der Waals surface area (Å²) in [5.41, 5.74) is 1.84. The fourth-order valence-electron chi connectivity index (χ4n) is 1.87. The van der Waals surface area contributed by atoms with E-state index in [4.69, 9.17) is 0 Å². The Kier molecular flexibility index (Phi) is 3.48. The SMILES string of the molecule is CNCc1c(C)[nH]n(-c2ccc([N+](=O)[O-])cc2)c1=O. The quantitative estimate of drug-likeness (QED) is 0.637. The molecule has 1 heterocycles. The molecule has 2 aromatic rings. The van der Waals surface area contributed by atoms with Gasteiger partial charge >= 0.3 is 0 Å². The van der Waals surface area contributed by atoms with Crippen LogP contribution in [0.2, 0.25) is 0 Å². The summed E-state index contributed by atoms with van der Waals surface area (Å²) in [6.07, 6.45) is 0. The van der Waals surface area contributed by atoms with E-state index in [0.717, 1.165) is 5.69 Å². The number of aromatic nitrogens is 2. The van der Waals surface area contributed by atoms with Crippen LogP contribution in [0.5, 0.6) is 0 Å². The van der Waals surface area contributed by atoms with Crippen molar-refractivity contribution in [3.8, 4) is 5.69 Å². The molecule has 19 heavy (non-hydrogen) atoms. The molecule has 0 amide bonds. The molecule has 0 fully saturated rings. The summed E-state index contributed by atoms with van der Waals surface area (Å²) in [5.74, 6) is 0. The zero-order chi connectivity index (χ0) is 14.0. The van der Waals surface area contributed by atoms with Gasteiger partial charge in [-0.25, -0.2) is 4.68 Å². The summed E-state index contributed by atoms with van der Waals surface area (Å²) < 4.78 is 1.38. The van der Waals surface area contributed by atoms with Crippen LogP contribution in [-0.2, 0) is 6.54 Å². The molecule has 0 saturated carbocycles. The Morgan fingerprint density at radius 2 is 2.00 bits per heavy atom. The average Bonchev–Trinajstić information content (AvgIpc) is 2.67. The van der Waals surface area contributed by atoms with Crippen molar-refractivity contribution in [2.75, 3.05) is 7.05 Å². The number of non-ortho nitro benzene ring substituents is 1. The van der Waals surface area contributed by atoms with Crippen LogP contribution in [0.3, 0.4) is 0 Å². The number of nitro benzene ring substituents is 1. The third-order valence-electron chi connectivity index (χ3n) is 2.87. The lowest BCUT2D eigenvalue weighted by atomic mass is 10.2. The second-order valence-corrected chi connectivity index (χ2v) is 4.16. The fourth-order valence-corrected chi connectivity index (χ4v) is 1.87. The number of aryl methyl sites for hydroxylation is 1. The second kappa shape index (κ2) is 5.07. The van der Waals surface area contributed by atoms with E-state index in [2.05, 4.69) is 10.4 Å². The van der Waals surface area contributed by atoms with Crippen LogP contribution in [0.4, 0.5) is 5.69 Å². The number of benzene rings is 1. The first-order valence-electron chi connectivity index (χ1n) is 5.74. The Morgan fingerprint density at radius 1 is 1.37 bits per heavy atom. The number of nitro groups is 1. The summed E-state index contributed by atoms with van der Waals surface area (Å²) in [6, 6.07) is 5.82. The largest absolute Gasteiger partial charge is 0.315 e. The van der Waals surface area contributed by atoms with Gasteiger partial charge in [0.25, 0.3) is 11.2 Å². The number of nitrogens with zero attached hydrogens (tertiary/aromatic N) is 2. The third kappa shape index (κ3) is 2.41. The minimum absolute atomic E-state index is 0.00414. The third-order valence-corrected chi connectivity index (χ3v) is 2.87. The fraction of sp³-hybridized carbons (Fsp3) is 0.250. The first-order chi connectivity index (χ1) is 9.04. The average molecular weight is 262 g/mol. The van der Waals surface area contributed by atoms with Crippen molar-refractivity contribution in [3.63, 3.8) is 0 Å². The van der Waals surface area contributed by atoms with Crippen LogP contribution in [0.25, 0.3) is 5.69 Å². The van der Waals surface area contributed by atoms with Gasteiger partial charge in [-0.2, -0.15) is 0 Å². The van der Waals surface area contributed by atoms with Gasteiger partial charge in [0.15, 0.2) is 0 Å². The number of hydrogen-bond donors (Lipinski definition) is 2. The van der Waals surface area contributed by atoms with Gasteiger partial charge in [0.1, 0.15) is 0 Å². The zero-order valence-electron chi connectivity index (χ0n) is 10.6. The molecular weight excluding hydrogens is 248 g/mol. The van der Waals surface area contributed by atoms with Crippen molar-refractivity contribution >= 4 is 5.69 Å². The summed E-state index contributed by atoms with van der Waals surface area (Å²) in [6.45, 7) is 2.29. The van der Waals surface area contributed by atoms with Crippen molar-refractivity contribution in [2.45, 2.75) is 13.5 Å². The van der Waals surface area contributed by atoms with E-state index >= 15 is 0 Å². The van der Waals surface area contributed by atoms with Crippen LogP contribution >= 0.6 is 0 Å². The lowest BCUT2D eigenvalue weighted by molar-refractivity contribution is -0.384.